The van der Waals surface area contributed by atoms with E-state index in [9.17, 15) is 4.39 Å². The largest absolute Gasteiger partial charge is 0.342 e. The molecule has 0 saturated carbocycles. The number of benzene rings is 2. The number of para-hydroxylation sites is 2. The second-order valence-corrected chi connectivity index (χ2v) is 5.56. The first-order valence-corrected chi connectivity index (χ1v) is 7.25. The molecule has 1 aliphatic rings. The number of nitrogens with one attached hydrogen (secondary N) is 1. The van der Waals surface area contributed by atoms with Gasteiger partial charge in [0.1, 0.15) is 5.82 Å². The number of anilines is 1. The first kappa shape index (κ1) is 12.4. The highest BCUT2D eigenvalue weighted by Gasteiger charge is 2.25. The maximum absolute atomic E-state index is 13.0. The Morgan fingerprint density at radius 2 is 1.90 bits per heavy atom. The number of fused-ring (bicyclic) bond motifs is 1. The van der Waals surface area contributed by atoms with Crippen LogP contribution in [0.4, 0.5) is 10.3 Å². The van der Waals surface area contributed by atoms with Gasteiger partial charge in [0, 0.05) is 19.0 Å². The average Bonchev–Trinajstić information content (AvgIpc) is 3.14. The van der Waals surface area contributed by atoms with Gasteiger partial charge in [0.25, 0.3) is 0 Å². The van der Waals surface area contributed by atoms with Crippen molar-refractivity contribution in [2.45, 2.75) is 12.3 Å². The Morgan fingerprint density at radius 3 is 2.71 bits per heavy atom. The zero-order chi connectivity index (χ0) is 14.2. The van der Waals surface area contributed by atoms with Crippen LogP contribution in [0.25, 0.3) is 11.0 Å². The van der Waals surface area contributed by atoms with Gasteiger partial charge in [-0.25, -0.2) is 9.37 Å². The van der Waals surface area contributed by atoms with Crippen molar-refractivity contribution < 1.29 is 4.39 Å². The van der Waals surface area contributed by atoms with Gasteiger partial charge in [0.15, 0.2) is 0 Å². The minimum absolute atomic E-state index is 0.175. The highest BCUT2D eigenvalue weighted by atomic mass is 19.1. The molecule has 3 aromatic rings. The Bertz CT molecular complexity index is 730. The van der Waals surface area contributed by atoms with Crippen molar-refractivity contribution in [2.75, 3.05) is 18.0 Å². The molecule has 1 saturated heterocycles. The topological polar surface area (TPSA) is 31.9 Å². The molecule has 0 spiro atoms. The average molecular weight is 281 g/mol. The van der Waals surface area contributed by atoms with Gasteiger partial charge in [0.2, 0.25) is 5.95 Å². The van der Waals surface area contributed by atoms with Gasteiger partial charge in [-0.05, 0) is 36.2 Å². The Kier molecular flexibility index (Phi) is 2.88. The van der Waals surface area contributed by atoms with E-state index in [-0.39, 0.29) is 5.82 Å². The van der Waals surface area contributed by atoms with Crippen LogP contribution < -0.4 is 4.90 Å². The number of aromatic nitrogens is 2. The van der Waals surface area contributed by atoms with E-state index < -0.39 is 0 Å². The predicted molar refractivity (Wildman–Crippen MR) is 82.1 cm³/mol. The minimum atomic E-state index is -0.175. The van der Waals surface area contributed by atoms with Crippen LogP contribution >= 0.6 is 0 Å². The van der Waals surface area contributed by atoms with Gasteiger partial charge in [0.05, 0.1) is 11.0 Å². The number of halogens is 1. The molecule has 2 aromatic carbocycles. The summed E-state index contributed by atoms with van der Waals surface area (Å²) >= 11 is 0. The third kappa shape index (κ3) is 2.27. The zero-order valence-corrected chi connectivity index (χ0v) is 11.6. The highest BCUT2D eigenvalue weighted by molar-refractivity contribution is 5.77. The third-order valence-corrected chi connectivity index (χ3v) is 4.21. The summed E-state index contributed by atoms with van der Waals surface area (Å²) in [4.78, 5) is 10.3. The number of rotatable bonds is 2. The Hall–Kier alpha value is -2.36. The number of hydrogen-bond acceptors (Lipinski definition) is 2. The number of nitrogens with zero attached hydrogens (tertiary/aromatic N) is 2. The monoisotopic (exact) mass is 281 g/mol. The van der Waals surface area contributed by atoms with E-state index >= 15 is 0 Å². The summed E-state index contributed by atoms with van der Waals surface area (Å²) in [5.41, 5.74) is 3.27. The molecule has 2 heterocycles. The van der Waals surface area contributed by atoms with Gasteiger partial charge in [-0.3, -0.25) is 0 Å². The summed E-state index contributed by atoms with van der Waals surface area (Å²) in [7, 11) is 0. The molecule has 1 atom stereocenters. The summed E-state index contributed by atoms with van der Waals surface area (Å²) in [6.45, 7) is 1.90. The standard InChI is InChI=1S/C17H16FN3/c18-14-7-5-12(6-8-14)13-9-10-21(11-13)17-19-15-3-1-2-4-16(15)20-17/h1-8,13H,9-11H2,(H,19,20). The van der Waals surface area contributed by atoms with Gasteiger partial charge < -0.3 is 9.88 Å². The molecule has 106 valence electrons. The van der Waals surface area contributed by atoms with Crippen LogP contribution in [0.2, 0.25) is 0 Å². The second kappa shape index (κ2) is 4.88. The van der Waals surface area contributed by atoms with Crippen molar-refractivity contribution >= 4 is 17.0 Å². The molecule has 4 heteroatoms. The number of aromatic amines is 1. The molecule has 21 heavy (non-hydrogen) atoms. The Morgan fingerprint density at radius 1 is 1.10 bits per heavy atom. The van der Waals surface area contributed by atoms with Crippen molar-refractivity contribution in [1.29, 1.82) is 0 Å². The lowest BCUT2D eigenvalue weighted by Crippen LogP contribution is -2.20. The van der Waals surface area contributed by atoms with Gasteiger partial charge >= 0.3 is 0 Å². The lowest BCUT2D eigenvalue weighted by Gasteiger charge is -2.15. The molecular weight excluding hydrogens is 265 g/mol. The van der Waals surface area contributed by atoms with Crippen LogP contribution in [0, 0.1) is 5.82 Å². The SMILES string of the molecule is Fc1ccc(C2CCN(c3nc4ccccc4[nH]3)C2)cc1. The van der Waals surface area contributed by atoms with Crippen molar-refractivity contribution in [2.24, 2.45) is 0 Å². The Labute approximate surface area is 122 Å². The quantitative estimate of drug-likeness (QED) is 0.776. The molecule has 3 nitrogen and oxygen atoms in total. The van der Waals surface area contributed by atoms with Crippen LogP contribution in [0.15, 0.2) is 48.5 Å². The van der Waals surface area contributed by atoms with Crippen molar-refractivity contribution in [1.82, 2.24) is 9.97 Å². The molecule has 1 N–H and O–H groups in total. The van der Waals surface area contributed by atoms with Crippen LogP contribution in [-0.2, 0) is 0 Å². The zero-order valence-electron chi connectivity index (χ0n) is 11.6. The summed E-state index contributed by atoms with van der Waals surface area (Å²) in [6, 6.07) is 14.9. The first-order valence-electron chi connectivity index (χ1n) is 7.25. The van der Waals surface area contributed by atoms with Gasteiger partial charge in [-0.15, -0.1) is 0 Å². The van der Waals surface area contributed by atoms with Gasteiger partial charge in [-0.2, -0.15) is 0 Å². The molecule has 0 bridgehead atoms. The minimum Gasteiger partial charge on any atom is -0.342 e. The molecule has 1 aromatic heterocycles. The van der Waals surface area contributed by atoms with E-state index in [0.717, 1.165) is 36.5 Å². The van der Waals surface area contributed by atoms with Crippen molar-refractivity contribution in [3.05, 3.63) is 59.9 Å². The summed E-state index contributed by atoms with van der Waals surface area (Å²) in [5, 5.41) is 0. The number of hydrogen-bond donors (Lipinski definition) is 1. The van der Waals surface area contributed by atoms with Crippen LogP contribution in [0.3, 0.4) is 0 Å². The lowest BCUT2D eigenvalue weighted by atomic mass is 9.99. The molecule has 1 aliphatic heterocycles. The molecule has 0 aliphatic carbocycles. The Balaban J connectivity index is 1.56. The van der Waals surface area contributed by atoms with E-state index in [1.807, 2.05) is 36.4 Å². The summed E-state index contributed by atoms with van der Waals surface area (Å²) < 4.78 is 13.0. The van der Waals surface area contributed by atoms with E-state index in [4.69, 9.17) is 0 Å². The molecule has 4 rings (SSSR count). The highest BCUT2D eigenvalue weighted by Crippen LogP contribution is 2.30. The maximum Gasteiger partial charge on any atom is 0.203 e. The molecule has 1 fully saturated rings. The first-order chi connectivity index (χ1) is 10.3. The number of imidazole rings is 1. The fraction of sp³-hybridized carbons (Fsp3) is 0.235. The van der Waals surface area contributed by atoms with E-state index in [0.29, 0.717) is 5.92 Å². The van der Waals surface area contributed by atoms with Crippen LogP contribution in [0.1, 0.15) is 17.9 Å². The van der Waals surface area contributed by atoms with Crippen molar-refractivity contribution in [3.63, 3.8) is 0 Å². The van der Waals surface area contributed by atoms with Gasteiger partial charge in [-0.1, -0.05) is 24.3 Å². The fourth-order valence-corrected chi connectivity index (χ4v) is 3.05. The van der Waals surface area contributed by atoms with Crippen molar-refractivity contribution in [3.8, 4) is 0 Å². The van der Waals surface area contributed by atoms with E-state index in [1.54, 1.807) is 12.1 Å². The van der Waals surface area contributed by atoms with E-state index in [2.05, 4.69) is 14.9 Å². The number of H-pyrrole nitrogens is 1. The predicted octanol–water partition coefficient (Wildman–Crippen LogP) is 3.70. The molecule has 1 unspecified atom stereocenters. The van der Waals surface area contributed by atoms with Crippen LogP contribution in [0.5, 0.6) is 0 Å². The second-order valence-electron chi connectivity index (χ2n) is 5.56. The lowest BCUT2D eigenvalue weighted by molar-refractivity contribution is 0.625. The summed E-state index contributed by atoms with van der Waals surface area (Å²) in [5.74, 6) is 1.20. The maximum atomic E-state index is 13.0. The van der Waals surface area contributed by atoms with Crippen LogP contribution in [-0.4, -0.2) is 23.1 Å². The summed E-state index contributed by atoms with van der Waals surface area (Å²) in [6.07, 6.45) is 1.07. The smallest absolute Gasteiger partial charge is 0.203 e. The third-order valence-electron chi connectivity index (χ3n) is 4.21. The fourth-order valence-electron chi connectivity index (χ4n) is 3.05. The molecular formula is C17H16FN3. The molecule has 0 amide bonds. The van der Waals surface area contributed by atoms with E-state index in [1.165, 1.54) is 5.56 Å². The normalized spacial score (nSPS) is 18.5. The molecule has 0 radical (unpaired) electrons.